The summed E-state index contributed by atoms with van der Waals surface area (Å²) in [5.41, 5.74) is -2.31. The molecular weight excluding hydrogens is 572 g/mol. The minimum atomic E-state index is -3.83. The molecule has 1 aliphatic heterocycles. The fraction of sp³-hybridized carbons (Fsp3) is 0.500. The number of likely N-dealkylation sites (tertiary alicyclic amines) is 1. The quantitative estimate of drug-likeness (QED) is 0.345. The highest BCUT2D eigenvalue weighted by molar-refractivity contribution is 7.91. The summed E-state index contributed by atoms with van der Waals surface area (Å²) in [4.78, 5) is 45.6. The number of pyridine rings is 1. The first-order valence-corrected chi connectivity index (χ1v) is 15.4. The van der Waals surface area contributed by atoms with Crippen molar-refractivity contribution >= 4 is 50.3 Å². The van der Waals surface area contributed by atoms with E-state index in [1.54, 1.807) is 26.8 Å². The van der Waals surface area contributed by atoms with Gasteiger partial charge >= 0.3 is 6.09 Å². The van der Waals surface area contributed by atoms with Gasteiger partial charge in [-0.3, -0.25) is 19.2 Å². The van der Waals surface area contributed by atoms with Crippen LogP contribution in [0.25, 0.3) is 10.8 Å². The lowest BCUT2D eigenvalue weighted by Gasteiger charge is -2.29. The van der Waals surface area contributed by atoms with Crippen LogP contribution in [0, 0.1) is 5.92 Å². The van der Waals surface area contributed by atoms with Gasteiger partial charge in [0, 0.05) is 17.7 Å². The molecule has 3 aliphatic rings. The fourth-order valence-corrected chi connectivity index (χ4v) is 6.61. The van der Waals surface area contributed by atoms with Crippen LogP contribution in [0.15, 0.2) is 43.0 Å². The molecule has 2 N–H and O–H groups in total. The number of rotatable bonds is 8. The Morgan fingerprint density at radius 1 is 1.22 bits per heavy atom. The van der Waals surface area contributed by atoms with Gasteiger partial charge in [-0.25, -0.2) is 18.2 Å². The Morgan fingerprint density at radius 3 is 2.56 bits per heavy atom. The number of benzene rings is 1. The van der Waals surface area contributed by atoms with Crippen LogP contribution >= 0.6 is 11.6 Å². The standard InChI is InChI=1S/C28H33ClN4O7S/c1-5-17-14-28(17,25(35)32-41(37,38)19-10-11-19)31-23(34)21-13-18(15-33(21)26(36)40-27(2,3)4)39-24-20-9-7-6-8-16(20)12-22(29)30-24/h5-9,12,17-19,21H,1,10-11,13-15H2,2-4H3,(H,31,34)(H,32,35). The van der Waals surface area contributed by atoms with Gasteiger partial charge in [0.25, 0.3) is 5.91 Å². The Hall–Kier alpha value is -3.38. The zero-order valence-electron chi connectivity index (χ0n) is 23.1. The number of nitrogens with one attached hydrogen (secondary N) is 2. The molecule has 2 heterocycles. The van der Waals surface area contributed by atoms with Crippen LogP contribution < -0.4 is 14.8 Å². The lowest BCUT2D eigenvalue weighted by atomic mass is 10.1. The van der Waals surface area contributed by atoms with E-state index in [0.717, 1.165) is 5.39 Å². The second kappa shape index (κ2) is 10.5. The third kappa shape index (κ3) is 6.13. The lowest BCUT2D eigenvalue weighted by Crippen LogP contribution is -2.56. The molecule has 2 aliphatic carbocycles. The number of fused-ring (bicyclic) bond motifs is 1. The van der Waals surface area contributed by atoms with Crippen LogP contribution in [0.1, 0.15) is 46.5 Å². The number of amides is 3. The fourth-order valence-electron chi connectivity index (χ4n) is 5.06. The van der Waals surface area contributed by atoms with Gasteiger partial charge in [0.15, 0.2) is 0 Å². The van der Waals surface area contributed by atoms with Gasteiger partial charge in [0.2, 0.25) is 21.8 Å². The summed E-state index contributed by atoms with van der Waals surface area (Å²) in [5, 5.41) is 3.89. The maximum absolute atomic E-state index is 13.7. The zero-order valence-corrected chi connectivity index (χ0v) is 24.6. The van der Waals surface area contributed by atoms with E-state index in [1.165, 1.54) is 11.0 Å². The maximum Gasteiger partial charge on any atom is 0.411 e. The molecule has 4 atom stereocenters. The lowest BCUT2D eigenvalue weighted by molar-refractivity contribution is -0.131. The summed E-state index contributed by atoms with van der Waals surface area (Å²) in [6.45, 7) is 8.87. The molecule has 41 heavy (non-hydrogen) atoms. The molecule has 0 spiro atoms. The average molecular weight is 605 g/mol. The Morgan fingerprint density at radius 2 is 1.93 bits per heavy atom. The molecule has 1 aromatic heterocycles. The summed E-state index contributed by atoms with van der Waals surface area (Å²) in [6.07, 6.45) is 1.36. The number of hydrogen-bond acceptors (Lipinski definition) is 8. The number of hydrogen-bond donors (Lipinski definition) is 2. The first kappa shape index (κ1) is 29.1. The van der Waals surface area contributed by atoms with E-state index in [4.69, 9.17) is 21.1 Å². The SMILES string of the molecule is C=CC1CC1(NC(=O)C1CC(Oc2nc(Cl)cc3ccccc23)CN1C(=O)OC(C)(C)C)C(=O)NS(=O)(=O)C1CC1. The number of ether oxygens (including phenoxy) is 2. The highest BCUT2D eigenvalue weighted by atomic mass is 35.5. The van der Waals surface area contributed by atoms with E-state index < -0.39 is 62.4 Å². The molecule has 0 radical (unpaired) electrons. The van der Waals surface area contributed by atoms with Crippen LogP contribution in [0.5, 0.6) is 5.88 Å². The van der Waals surface area contributed by atoms with E-state index >= 15 is 0 Å². The van der Waals surface area contributed by atoms with Gasteiger partial charge in [0.05, 0.1) is 11.8 Å². The van der Waals surface area contributed by atoms with Gasteiger partial charge in [-0.1, -0.05) is 35.9 Å². The van der Waals surface area contributed by atoms with Gasteiger partial charge in [0.1, 0.15) is 28.4 Å². The Bertz CT molecular complexity index is 1520. The maximum atomic E-state index is 13.7. The number of nitrogens with zero attached hydrogens (tertiary/aromatic N) is 2. The molecule has 5 rings (SSSR count). The van der Waals surface area contributed by atoms with Crippen molar-refractivity contribution in [2.24, 2.45) is 5.92 Å². The molecule has 2 aromatic rings. The minimum Gasteiger partial charge on any atom is -0.472 e. The summed E-state index contributed by atoms with van der Waals surface area (Å²) in [6, 6.07) is 8.05. The largest absolute Gasteiger partial charge is 0.472 e. The normalized spacial score (nSPS) is 25.9. The molecule has 2 saturated carbocycles. The van der Waals surface area contributed by atoms with Crippen LogP contribution in [-0.4, -0.2) is 71.3 Å². The predicted molar refractivity (Wildman–Crippen MR) is 152 cm³/mol. The summed E-state index contributed by atoms with van der Waals surface area (Å²) >= 11 is 6.22. The molecule has 3 amide bonds. The van der Waals surface area contributed by atoms with Gasteiger partial charge in [-0.15, -0.1) is 6.58 Å². The van der Waals surface area contributed by atoms with Crippen LogP contribution in [0.2, 0.25) is 5.15 Å². The molecule has 0 bridgehead atoms. The van der Waals surface area contributed by atoms with Crippen molar-refractivity contribution in [2.45, 2.75) is 75.0 Å². The third-order valence-electron chi connectivity index (χ3n) is 7.39. The molecule has 13 heteroatoms. The molecular formula is C28H33ClN4O7S. The van der Waals surface area contributed by atoms with Crippen molar-refractivity contribution in [1.29, 1.82) is 0 Å². The van der Waals surface area contributed by atoms with Crippen LogP contribution in [0.3, 0.4) is 0 Å². The van der Waals surface area contributed by atoms with Crippen molar-refractivity contribution in [3.05, 3.63) is 48.1 Å². The monoisotopic (exact) mass is 604 g/mol. The highest BCUT2D eigenvalue weighted by Gasteiger charge is 2.62. The van der Waals surface area contributed by atoms with Crippen molar-refractivity contribution in [2.75, 3.05) is 6.54 Å². The van der Waals surface area contributed by atoms with Crippen molar-refractivity contribution in [3.8, 4) is 5.88 Å². The summed E-state index contributed by atoms with van der Waals surface area (Å²) in [5.74, 6) is -1.65. The van der Waals surface area contributed by atoms with E-state index in [2.05, 4.69) is 21.6 Å². The van der Waals surface area contributed by atoms with Crippen LogP contribution in [0.4, 0.5) is 4.79 Å². The van der Waals surface area contributed by atoms with E-state index in [1.807, 2.05) is 24.3 Å². The van der Waals surface area contributed by atoms with E-state index in [9.17, 15) is 22.8 Å². The Labute approximate surface area is 243 Å². The number of sulfonamides is 1. The van der Waals surface area contributed by atoms with Crippen molar-refractivity contribution < 1.29 is 32.3 Å². The van der Waals surface area contributed by atoms with Gasteiger partial charge in [-0.05, 0) is 57.6 Å². The smallest absolute Gasteiger partial charge is 0.411 e. The van der Waals surface area contributed by atoms with E-state index in [-0.39, 0.29) is 30.4 Å². The molecule has 3 fully saturated rings. The van der Waals surface area contributed by atoms with Crippen molar-refractivity contribution in [3.63, 3.8) is 0 Å². The number of carbonyl (C=O) groups is 3. The molecule has 4 unspecified atom stereocenters. The van der Waals surface area contributed by atoms with Crippen molar-refractivity contribution in [1.82, 2.24) is 19.9 Å². The van der Waals surface area contributed by atoms with Crippen LogP contribution in [-0.2, 0) is 24.3 Å². The summed E-state index contributed by atoms with van der Waals surface area (Å²) in [7, 11) is -3.83. The Balaban J connectivity index is 1.38. The highest BCUT2D eigenvalue weighted by Crippen LogP contribution is 2.45. The summed E-state index contributed by atoms with van der Waals surface area (Å²) < 4.78 is 38.8. The second-order valence-electron chi connectivity index (χ2n) is 11.8. The first-order chi connectivity index (χ1) is 19.2. The predicted octanol–water partition coefficient (Wildman–Crippen LogP) is 3.31. The molecule has 11 nitrogen and oxygen atoms in total. The number of carbonyl (C=O) groups excluding carboxylic acids is 3. The number of halogens is 1. The zero-order chi connectivity index (χ0) is 29.7. The van der Waals surface area contributed by atoms with Gasteiger partial charge < -0.3 is 14.8 Å². The molecule has 1 saturated heterocycles. The van der Waals surface area contributed by atoms with Gasteiger partial charge in [-0.2, -0.15) is 0 Å². The topological polar surface area (TPSA) is 144 Å². The van der Waals surface area contributed by atoms with E-state index in [0.29, 0.717) is 18.2 Å². The molecule has 1 aromatic carbocycles. The molecule has 220 valence electrons. The number of aromatic nitrogens is 1. The minimum absolute atomic E-state index is 0.00959. The average Bonchev–Trinajstić information content (AvgIpc) is 3.80. The first-order valence-electron chi connectivity index (χ1n) is 13.4. The third-order valence-corrected chi connectivity index (χ3v) is 9.41. The second-order valence-corrected chi connectivity index (χ2v) is 14.1. The Kier molecular flexibility index (Phi) is 7.44.